The number of alkyl halides is 3. The van der Waals surface area contributed by atoms with Gasteiger partial charge in [-0.15, -0.1) is 13.2 Å². The lowest BCUT2D eigenvalue weighted by molar-refractivity contribution is -0.276. The number of ether oxygens (including phenoxy) is 1. The predicted molar refractivity (Wildman–Crippen MR) is 157 cm³/mol. The Labute approximate surface area is 263 Å². The highest BCUT2D eigenvalue weighted by atomic mass is 19.4. The van der Waals surface area contributed by atoms with Gasteiger partial charge in [0.25, 0.3) is 0 Å². The van der Waals surface area contributed by atoms with Gasteiger partial charge in [0.2, 0.25) is 5.75 Å². The van der Waals surface area contributed by atoms with Crippen LogP contribution in [0.15, 0.2) is 30.3 Å². The zero-order chi connectivity index (χ0) is 33.2. The lowest BCUT2D eigenvalue weighted by Gasteiger charge is -2.32. The standard InChI is InChI=1S/C36H37F9O/c1-2-3-4-5-21-15-28(37)27(29(38)16-21)13-7-20-6-12-26-25(14-20)19-30(39)33(34(26)42)23-10-8-22(9-11-23)24-17-31(40)35(32(41)18-24)46-36(43,44)45/h15-20,22-23H,2-14H2,1H3. The number of benzene rings is 3. The van der Waals surface area contributed by atoms with Crippen molar-refractivity contribution in [3.63, 3.8) is 0 Å². The van der Waals surface area contributed by atoms with Gasteiger partial charge >= 0.3 is 6.36 Å². The summed E-state index contributed by atoms with van der Waals surface area (Å²) in [7, 11) is 0. The van der Waals surface area contributed by atoms with Gasteiger partial charge in [-0.05, 0) is 141 Å². The van der Waals surface area contributed by atoms with Gasteiger partial charge in [0.1, 0.15) is 23.3 Å². The van der Waals surface area contributed by atoms with Gasteiger partial charge in [-0.25, -0.2) is 26.3 Å². The molecule has 0 heterocycles. The van der Waals surface area contributed by atoms with Gasteiger partial charge < -0.3 is 4.74 Å². The van der Waals surface area contributed by atoms with E-state index in [1.165, 1.54) is 18.2 Å². The van der Waals surface area contributed by atoms with Crippen LogP contribution in [0, 0.1) is 40.8 Å². The molecular formula is C36H37F9O. The third-order valence-electron chi connectivity index (χ3n) is 9.68. The number of unbranched alkanes of at least 4 members (excludes halogenated alkanes) is 2. The summed E-state index contributed by atoms with van der Waals surface area (Å²) in [5, 5.41) is 0. The van der Waals surface area contributed by atoms with Crippen molar-refractivity contribution >= 4 is 0 Å². The Balaban J connectivity index is 1.21. The van der Waals surface area contributed by atoms with E-state index in [4.69, 9.17) is 0 Å². The number of hydrogen-bond acceptors (Lipinski definition) is 1. The molecule has 2 aliphatic rings. The number of fused-ring (bicyclic) bond motifs is 1. The zero-order valence-electron chi connectivity index (χ0n) is 25.6. The molecule has 3 aromatic rings. The number of aryl methyl sites for hydroxylation is 1. The molecule has 250 valence electrons. The third-order valence-corrected chi connectivity index (χ3v) is 9.68. The lowest BCUT2D eigenvalue weighted by atomic mass is 9.74. The molecule has 5 rings (SSSR count). The van der Waals surface area contributed by atoms with Crippen molar-refractivity contribution < 1.29 is 44.3 Å². The van der Waals surface area contributed by atoms with Gasteiger partial charge in [-0.1, -0.05) is 19.8 Å². The van der Waals surface area contributed by atoms with Gasteiger partial charge in [0, 0.05) is 11.1 Å². The van der Waals surface area contributed by atoms with Crippen molar-refractivity contribution in [2.24, 2.45) is 5.92 Å². The SMILES string of the molecule is CCCCCc1cc(F)c(CCC2CCc3c(cc(F)c(C4CCC(c5cc(F)c(OC(F)(F)F)c(F)c5)CC4)c3F)C2)c(F)c1. The first-order valence-electron chi connectivity index (χ1n) is 16.1. The highest BCUT2D eigenvalue weighted by Crippen LogP contribution is 2.45. The summed E-state index contributed by atoms with van der Waals surface area (Å²) >= 11 is 0. The van der Waals surface area contributed by atoms with Crippen molar-refractivity contribution in [2.45, 2.75) is 109 Å². The van der Waals surface area contributed by atoms with E-state index in [0.717, 1.165) is 31.4 Å². The lowest BCUT2D eigenvalue weighted by Crippen LogP contribution is -2.21. The summed E-state index contributed by atoms with van der Waals surface area (Å²) in [6.45, 7) is 2.06. The fourth-order valence-corrected chi connectivity index (χ4v) is 7.27. The fraction of sp³-hybridized carbons (Fsp3) is 0.500. The highest BCUT2D eigenvalue weighted by molar-refractivity contribution is 5.40. The first-order chi connectivity index (χ1) is 21.8. The van der Waals surface area contributed by atoms with Crippen LogP contribution >= 0.6 is 0 Å². The summed E-state index contributed by atoms with van der Waals surface area (Å²) in [6, 6.07) is 5.81. The summed E-state index contributed by atoms with van der Waals surface area (Å²) in [4.78, 5) is 0. The second-order valence-electron chi connectivity index (χ2n) is 12.8. The monoisotopic (exact) mass is 656 g/mol. The van der Waals surface area contributed by atoms with Gasteiger partial charge in [0.15, 0.2) is 11.6 Å². The number of hydrogen-bond donors (Lipinski definition) is 0. The third kappa shape index (κ3) is 7.85. The summed E-state index contributed by atoms with van der Waals surface area (Å²) in [5.74, 6) is -7.64. The van der Waals surface area contributed by atoms with Crippen LogP contribution in [-0.2, 0) is 25.7 Å². The number of halogens is 9. The maximum absolute atomic E-state index is 15.8. The van der Waals surface area contributed by atoms with E-state index >= 15 is 8.78 Å². The molecule has 46 heavy (non-hydrogen) atoms. The van der Waals surface area contributed by atoms with Crippen molar-refractivity contribution in [2.75, 3.05) is 0 Å². The Morgan fingerprint density at radius 3 is 1.96 bits per heavy atom. The molecule has 1 nitrogen and oxygen atoms in total. The van der Waals surface area contributed by atoms with Crippen LogP contribution in [0.4, 0.5) is 39.5 Å². The Morgan fingerprint density at radius 1 is 0.717 bits per heavy atom. The second kappa shape index (κ2) is 14.3. The molecule has 0 saturated heterocycles. The van der Waals surface area contributed by atoms with Gasteiger partial charge in [0.05, 0.1) is 0 Å². The first-order valence-corrected chi connectivity index (χ1v) is 16.1. The molecule has 3 aromatic carbocycles. The van der Waals surface area contributed by atoms with Crippen LogP contribution in [-0.4, -0.2) is 6.36 Å². The minimum Gasteiger partial charge on any atom is -0.399 e. The molecule has 0 aromatic heterocycles. The van der Waals surface area contributed by atoms with E-state index < -0.39 is 58.9 Å². The van der Waals surface area contributed by atoms with Crippen molar-refractivity contribution in [1.82, 2.24) is 0 Å². The Hall–Kier alpha value is -3.17. The molecule has 1 fully saturated rings. The van der Waals surface area contributed by atoms with Crippen LogP contribution in [0.3, 0.4) is 0 Å². The van der Waals surface area contributed by atoms with Crippen LogP contribution in [0.2, 0.25) is 0 Å². The smallest absolute Gasteiger partial charge is 0.399 e. The molecule has 0 radical (unpaired) electrons. The van der Waals surface area contributed by atoms with Crippen LogP contribution in [0.1, 0.15) is 110 Å². The minimum absolute atomic E-state index is 0.00916. The van der Waals surface area contributed by atoms with E-state index in [1.54, 1.807) is 0 Å². The quantitative estimate of drug-likeness (QED) is 0.156. The van der Waals surface area contributed by atoms with Crippen molar-refractivity contribution in [1.29, 1.82) is 0 Å². The molecule has 0 bridgehead atoms. The molecule has 1 unspecified atom stereocenters. The molecule has 0 amide bonds. The Bertz CT molecular complexity index is 1490. The Morgan fingerprint density at radius 2 is 1.35 bits per heavy atom. The largest absolute Gasteiger partial charge is 0.573 e. The topological polar surface area (TPSA) is 9.23 Å². The van der Waals surface area contributed by atoms with Crippen LogP contribution in [0.5, 0.6) is 5.75 Å². The molecule has 1 atom stereocenters. The first kappa shape index (κ1) is 34.2. The van der Waals surface area contributed by atoms with Crippen LogP contribution < -0.4 is 4.74 Å². The predicted octanol–water partition coefficient (Wildman–Crippen LogP) is 11.3. The van der Waals surface area contributed by atoms with E-state index in [0.29, 0.717) is 74.5 Å². The molecule has 1 saturated carbocycles. The van der Waals surface area contributed by atoms with Crippen LogP contribution in [0.25, 0.3) is 0 Å². The van der Waals surface area contributed by atoms with E-state index in [9.17, 15) is 30.7 Å². The maximum atomic E-state index is 15.8. The molecule has 0 spiro atoms. The average Bonchev–Trinajstić information content (AvgIpc) is 2.98. The van der Waals surface area contributed by atoms with Gasteiger partial charge in [-0.2, -0.15) is 0 Å². The normalized spacial score (nSPS) is 20.1. The zero-order valence-corrected chi connectivity index (χ0v) is 25.6. The van der Waals surface area contributed by atoms with Gasteiger partial charge in [-0.3, -0.25) is 0 Å². The van der Waals surface area contributed by atoms with Crippen molar-refractivity contribution in [3.8, 4) is 5.75 Å². The number of rotatable bonds is 10. The summed E-state index contributed by atoms with van der Waals surface area (Å²) in [6.07, 6.45) is 1.68. The summed E-state index contributed by atoms with van der Waals surface area (Å²) < 4.78 is 130. The Kier molecular flexibility index (Phi) is 10.6. The molecule has 2 aliphatic carbocycles. The maximum Gasteiger partial charge on any atom is 0.573 e. The molecule has 10 heteroatoms. The fourth-order valence-electron chi connectivity index (χ4n) is 7.27. The molecule has 0 aliphatic heterocycles. The average molecular weight is 657 g/mol. The second-order valence-corrected chi connectivity index (χ2v) is 12.8. The van der Waals surface area contributed by atoms with E-state index in [-0.39, 0.29) is 29.0 Å². The molecular weight excluding hydrogens is 619 g/mol. The van der Waals surface area contributed by atoms with E-state index in [1.807, 2.05) is 0 Å². The highest BCUT2D eigenvalue weighted by Gasteiger charge is 2.36. The van der Waals surface area contributed by atoms with E-state index in [2.05, 4.69) is 11.7 Å². The van der Waals surface area contributed by atoms with Crippen molar-refractivity contribution in [3.05, 3.63) is 98.6 Å². The minimum atomic E-state index is -5.25. The summed E-state index contributed by atoms with van der Waals surface area (Å²) in [5.41, 5.74) is 1.86. The molecule has 0 N–H and O–H groups in total.